The number of anilines is 3. The predicted octanol–water partition coefficient (Wildman–Crippen LogP) is 3.35. The van der Waals surface area contributed by atoms with Crippen LogP contribution in [0.25, 0.3) is 22.3 Å². The van der Waals surface area contributed by atoms with Crippen LogP contribution in [-0.4, -0.2) is 24.1 Å². The molecule has 3 aromatic rings. The van der Waals surface area contributed by atoms with Gasteiger partial charge in [0, 0.05) is 25.3 Å². The lowest BCUT2D eigenvalue weighted by Crippen LogP contribution is -2.07. The molecule has 1 heterocycles. The normalized spacial score (nSPS) is 10.6. The van der Waals surface area contributed by atoms with E-state index >= 15 is 0 Å². The predicted molar refractivity (Wildman–Crippen MR) is 101 cm³/mol. The molecule has 2 aromatic carbocycles. The van der Waals surface area contributed by atoms with Crippen molar-refractivity contribution in [1.82, 2.24) is 9.97 Å². The van der Waals surface area contributed by atoms with Crippen LogP contribution >= 0.6 is 0 Å². The van der Waals surface area contributed by atoms with Gasteiger partial charge in [-0.25, -0.2) is 4.98 Å². The molecule has 3 rings (SSSR count). The van der Waals surface area contributed by atoms with Gasteiger partial charge in [0.15, 0.2) is 0 Å². The number of rotatable bonds is 3. The fourth-order valence-corrected chi connectivity index (χ4v) is 2.78. The van der Waals surface area contributed by atoms with Gasteiger partial charge < -0.3 is 16.4 Å². The van der Waals surface area contributed by atoms with E-state index in [2.05, 4.69) is 51.3 Å². The van der Waals surface area contributed by atoms with E-state index in [0.29, 0.717) is 5.82 Å². The van der Waals surface area contributed by atoms with Crippen LogP contribution in [0.15, 0.2) is 48.5 Å². The standard InChI is InChI=1S/C19H21N5/c1-12-17(18(20)23-19(21)22-12)15-6-4-5-14(11-15)13-7-9-16(10-8-13)24(2)3/h4-11H,1-3H3,(H4,20,21,22,23). The zero-order valence-corrected chi connectivity index (χ0v) is 14.1. The Kier molecular flexibility index (Phi) is 4.08. The van der Waals surface area contributed by atoms with E-state index < -0.39 is 0 Å². The molecular formula is C19H21N5. The number of aromatic nitrogens is 2. The molecule has 5 nitrogen and oxygen atoms in total. The van der Waals surface area contributed by atoms with Crippen molar-refractivity contribution in [2.75, 3.05) is 30.5 Å². The monoisotopic (exact) mass is 319 g/mol. The van der Waals surface area contributed by atoms with Crippen LogP contribution in [0.1, 0.15) is 5.69 Å². The molecule has 0 fully saturated rings. The zero-order chi connectivity index (χ0) is 17.3. The number of nitrogens with zero attached hydrogens (tertiary/aromatic N) is 3. The number of hydrogen-bond donors (Lipinski definition) is 2. The molecule has 0 bridgehead atoms. The fraction of sp³-hybridized carbons (Fsp3) is 0.158. The molecule has 0 unspecified atom stereocenters. The molecule has 0 atom stereocenters. The first kappa shape index (κ1) is 15.8. The summed E-state index contributed by atoms with van der Waals surface area (Å²) in [6.07, 6.45) is 0. The Morgan fingerprint density at radius 1 is 0.833 bits per heavy atom. The second-order valence-corrected chi connectivity index (χ2v) is 5.95. The van der Waals surface area contributed by atoms with Gasteiger partial charge in [0.1, 0.15) is 5.82 Å². The molecule has 4 N–H and O–H groups in total. The topological polar surface area (TPSA) is 81.1 Å². The van der Waals surface area contributed by atoms with Crippen molar-refractivity contribution in [1.29, 1.82) is 0 Å². The molecule has 0 amide bonds. The van der Waals surface area contributed by atoms with Gasteiger partial charge in [-0.1, -0.05) is 30.3 Å². The van der Waals surface area contributed by atoms with E-state index in [9.17, 15) is 0 Å². The van der Waals surface area contributed by atoms with E-state index in [1.807, 2.05) is 33.2 Å². The van der Waals surface area contributed by atoms with Crippen LogP contribution in [0.4, 0.5) is 17.5 Å². The summed E-state index contributed by atoms with van der Waals surface area (Å²) in [4.78, 5) is 10.4. The first-order valence-electron chi connectivity index (χ1n) is 7.73. The maximum atomic E-state index is 6.06. The summed E-state index contributed by atoms with van der Waals surface area (Å²) in [5.74, 6) is 0.601. The highest BCUT2D eigenvalue weighted by Gasteiger charge is 2.11. The lowest BCUT2D eigenvalue weighted by atomic mass is 9.98. The van der Waals surface area contributed by atoms with Gasteiger partial charge in [0.2, 0.25) is 5.95 Å². The highest BCUT2D eigenvalue weighted by molar-refractivity contribution is 5.80. The Labute approximate surface area is 142 Å². The third kappa shape index (κ3) is 3.01. The smallest absolute Gasteiger partial charge is 0.222 e. The van der Waals surface area contributed by atoms with E-state index in [-0.39, 0.29) is 5.95 Å². The van der Waals surface area contributed by atoms with Gasteiger partial charge in [-0.3, -0.25) is 0 Å². The van der Waals surface area contributed by atoms with E-state index in [1.54, 1.807) is 0 Å². The second kappa shape index (κ2) is 6.20. The highest BCUT2D eigenvalue weighted by atomic mass is 15.1. The van der Waals surface area contributed by atoms with Gasteiger partial charge in [-0.2, -0.15) is 4.98 Å². The molecule has 1 aromatic heterocycles. The van der Waals surface area contributed by atoms with Crippen molar-refractivity contribution >= 4 is 17.5 Å². The molecule has 0 aliphatic heterocycles. The summed E-state index contributed by atoms with van der Waals surface area (Å²) in [6.45, 7) is 1.89. The molecule has 0 spiro atoms. The Morgan fingerprint density at radius 3 is 2.12 bits per heavy atom. The van der Waals surface area contributed by atoms with E-state index in [0.717, 1.165) is 27.9 Å². The zero-order valence-electron chi connectivity index (χ0n) is 14.1. The maximum absolute atomic E-state index is 6.06. The largest absolute Gasteiger partial charge is 0.383 e. The van der Waals surface area contributed by atoms with Crippen LogP contribution in [0.2, 0.25) is 0 Å². The van der Waals surface area contributed by atoms with Gasteiger partial charge >= 0.3 is 0 Å². The Hall–Kier alpha value is -3.08. The quantitative estimate of drug-likeness (QED) is 0.774. The molecule has 24 heavy (non-hydrogen) atoms. The highest BCUT2D eigenvalue weighted by Crippen LogP contribution is 2.31. The van der Waals surface area contributed by atoms with Crippen molar-refractivity contribution in [2.45, 2.75) is 6.92 Å². The van der Waals surface area contributed by atoms with Crippen LogP contribution in [0, 0.1) is 6.92 Å². The Balaban J connectivity index is 2.04. The molecule has 122 valence electrons. The van der Waals surface area contributed by atoms with Crippen LogP contribution < -0.4 is 16.4 Å². The van der Waals surface area contributed by atoms with Crippen LogP contribution in [0.5, 0.6) is 0 Å². The van der Waals surface area contributed by atoms with Gasteiger partial charge in [0.25, 0.3) is 0 Å². The SMILES string of the molecule is Cc1nc(N)nc(N)c1-c1cccc(-c2ccc(N(C)C)cc2)c1. The summed E-state index contributed by atoms with van der Waals surface area (Å²) in [5.41, 5.74) is 17.7. The Morgan fingerprint density at radius 2 is 1.50 bits per heavy atom. The first-order chi connectivity index (χ1) is 11.5. The van der Waals surface area contributed by atoms with Gasteiger partial charge in [-0.05, 0) is 41.8 Å². The minimum atomic E-state index is 0.198. The Bertz CT molecular complexity index is 846. The average molecular weight is 319 g/mol. The van der Waals surface area contributed by atoms with Crippen molar-refractivity contribution < 1.29 is 0 Å². The minimum Gasteiger partial charge on any atom is -0.383 e. The molecule has 0 saturated carbocycles. The number of hydrogen-bond acceptors (Lipinski definition) is 5. The number of nitrogens with two attached hydrogens (primary N) is 2. The van der Waals surface area contributed by atoms with Crippen LogP contribution in [0.3, 0.4) is 0 Å². The molecule has 0 aliphatic rings. The molecular weight excluding hydrogens is 298 g/mol. The summed E-state index contributed by atoms with van der Waals surface area (Å²) in [5, 5.41) is 0. The van der Waals surface area contributed by atoms with E-state index in [1.165, 1.54) is 5.69 Å². The summed E-state index contributed by atoms with van der Waals surface area (Å²) < 4.78 is 0. The summed E-state index contributed by atoms with van der Waals surface area (Å²) in [6, 6.07) is 16.6. The molecule has 0 radical (unpaired) electrons. The number of aryl methyl sites for hydroxylation is 1. The second-order valence-electron chi connectivity index (χ2n) is 5.95. The van der Waals surface area contributed by atoms with Crippen molar-refractivity contribution in [3.63, 3.8) is 0 Å². The molecule has 5 heteroatoms. The number of nitrogen functional groups attached to an aromatic ring is 2. The third-order valence-electron chi connectivity index (χ3n) is 4.00. The van der Waals surface area contributed by atoms with Crippen LogP contribution in [-0.2, 0) is 0 Å². The van der Waals surface area contributed by atoms with Gasteiger partial charge in [0.05, 0.1) is 5.69 Å². The third-order valence-corrected chi connectivity index (χ3v) is 4.00. The lowest BCUT2D eigenvalue weighted by molar-refractivity contribution is 1.13. The lowest BCUT2D eigenvalue weighted by Gasteiger charge is -2.13. The van der Waals surface area contributed by atoms with E-state index in [4.69, 9.17) is 11.5 Å². The maximum Gasteiger partial charge on any atom is 0.222 e. The van der Waals surface area contributed by atoms with Crippen molar-refractivity contribution in [2.24, 2.45) is 0 Å². The fourth-order valence-electron chi connectivity index (χ4n) is 2.78. The van der Waals surface area contributed by atoms with Crippen molar-refractivity contribution in [3.05, 3.63) is 54.2 Å². The molecule has 0 aliphatic carbocycles. The summed E-state index contributed by atoms with van der Waals surface area (Å²) in [7, 11) is 4.06. The van der Waals surface area contributed by atoms with Gasteiger partial charge in [-0.15, -0.1) is 0 Å². The molecule has 0 saturated heterocycles. The number of benzene rings is 2. The van der Waals surface area contributed by atoms with Crippen molar-refractivity contribution in [3.8, 4) is 22.3 Å². The summed E-state index contributed by atoms with van der Waals surface area (Å²) >= 11 is 0. The first-order valence-corrected chi connectivity index (χ1v) is 7.73. The minimum absolute atomic E-state index is 0.198. The average Bonchev–Trinajstić information content (AvgIpc) is 2.54.